The van der Waals surface area contributed by atoms with Gasteiger partial charge in [-0.3, -0.25) is 4.79 Å². The van der Waals surface area contributed by atoms with Crippen LogP contribution in [-0.2, 0) is 4.74 Å². The third-order valence-electron chi connectivity index (χ3n) is 3.23. The van der Waals surface area contributed by atoms with Crippen LogP contribution in [0.4, 0.5) is 11.4 Å². The van der Waals surface area contributed by atoms with Gasteiger partial charge in [0.25, 0.3) is 0 Å². The molecular weight excluding hydrogens is 230 g/mol. The van der Waals surface area contributed by atoms with E-state index in [1.54, 1.807) is 18.2 Å². The fraction of sp³-hybridized carbons (Fsp3) is 0.462. The molecule has 5 N–H and O–H groups in total. The molecule has 0 radical (unpaired) electrons. The maximum atomic E-state index is 11.1. The molecular formula is C13H19N3O2. The predicted octanol–water partition coefficient (Wildman–Crippen LogP) is 1.21. The van der Waals surface area contributed by atoms with Gasteiger partial charge >= 0.3 is 0 Å². The van der Waals surface area contributed by atoms with E-state index < -0.39 is 5.91 Å². The smallest absolute Gasteiger partial charge is 0.248 e. The number of nitrogens with one attached hydrogen (secondary N) is 1. The van der Waals surface area contributed by atoms with E-state index in [0.29, 0.717) is 17.2 Å². The van der Waals surface area contributed by atoms with E-state index in [9.17, 15) is 4.79 Å². The molecule has 5 heteroatoms. The first kappa shape index (κ1) is 12.7. The lowest BCUT2D eigenvalue weighted by Crippen LogP contribution is -2.13. The number of primary amides is 1. The summed E-state index contributed by atoms with van der Waals surface area (Å²) in [5.74, 6) is 0.181. The van der Waals surface area contributed by atoms with E-state index in [1.807, 2.05) is 0 Å². The first-order valence-corrected chi connectivity index (χ1v) is 6.18. The van der Waals surface area contributed by atoms with Crippen LogP contribution in [-0.4, -0.2) is 25.7 Å². The van der Waals surface area contributed by atoms with Gasteiger partial charge in [0.2, 0.25) is 5.91 Å². The van der Waals surface area contributed by atoms with Crippen LogP contribution in [0, 0.1) is 5.92 Å². The van der Waals surface area contributed by atoms with Crippen molar-refractivity contribution in [3.8, 4) is 0 Å². The molecule has 1 atom stereocenters. The number of nitrogens with two attached hydrogens (primary N) is 2. The Morgan fingerprint density at radius 3 is 3.00 bits per heavy atom. The molecule has 1 fully saturated rings. The van der Waals surface area contributed by atoms with Gasteiger partial charge in [0.15, 0.2) is 0 Å². The molecule has 0 aromatic heterocycles. The molecule has 1 heterocycles. The maximum absolute atomic E-state index is 11.1. The van der Waals surface area contributed by atoms with Crippen LogP contribution in [0.1, 0.15) is 23.2 Å². The molecule has 0 bridgehead atoms. The number of amides is 1. The Morgan fingerprint density at radius 1 is 1.50 bits per heavy atom. The van der Waals surface area contributed by atoms with Crippen LogP contribution < -0.4 is 16.8 Å². The van der Waals surface area contributed by atoms with E-state index in [0.717, 1.165) is 38.3 Å². The topological polar surface area (TPSA) is 90.4 Å². The average Bonchev–Trinajstić information content (AvgIpc) is 2.84. The monoisotopic (exact) mass is 249 g/mol. The van der Waals surface area contributed by atoms with Crippen LogP contribution in [0.3, 0.4) is 0 Å². The zero-order chi connectivity index (χ0) is 13.0. The standard InChI is InChI=1S/C13H19N3O2/c14-11-2-1-10(13(15)17)7-12(11)16-5-3-9-4-6-18-8-9/h1-2,7,9,16H,3-6,8,14H2,(H2,15,17). The summed E-state index contributed by atoms with van der Waals surface area (Å²) in [6, 6.07) is 5.03. The highest BCUT2D eigenvalue weighted by atomic mass is 16.5. The van der Waals surface area contributed by atoms with Crippen molar-refractivity contribution in [1.29, 1.82) is 0 Å². The molecule has 5 nitrogen and oxygen atoms in total. The number of ether oxygens (including phenoxy) is 1. The number of carbonyl (C=O) groups excluding carboxylic acids is 1. The summed E-state index contributed by atoms with van der Waals surface area (Å²) < 4.78 is 5.32. The first-order chi connectivity index (χ1) is 8.66. The number of anilines is 2. The van der Waals surface area contributed by atoms with Gasteiger partial charge in [-0.1, -0.05) is 0 Å². The Hall–Kier alpha value is -1.75. The average molecular weight is 249 g/mol. The molecule has 1 amide bonds. The van der Waals surface area contributed by atoms with Crippen molar-refractivity contribution in [2.24, 2.45) is 11.7 Å². The van der Waals surface area contributed by atoms with Crippen molar-refractivity contribution in [2.45, 2.75) is 12.8 Å². The second kappa shape index (κ2) is 5.73. The van der Waals surface area contributed by atoms with Crippen molar-refractivity contribution in [3.05, 3.63) is 23.8 Å². The van der Waals surface area contributed by atoms with Gasteiger partial charge in [0.1, 0.15) is 0 Å². The minimum atomic E-state index is -0.442. The van der Waals surface area contributed by atoms with Gasteiger partial charge in [-0.05, 0) is 37.0 Å². The fourth-order valence-corrected chi connectivity index (χ4v) is 2.08. The van der Waals surface area contributed by atoms with Gasteiger partial charge < -0.3 is 21.5 Å². The molecule has 1 saturated heterocycles. The molecule has 18 heavy (non-hydrogen) atoms. The van der Waals surface area contributed by atoms with E-state index in [-0.39, 0.29) is 0 Å². The number of rotatable bonds is 5. The zero-order valence-corrected chi connectivity index (χ0v) is 10.3. The number of hydrogen-bond acceptors (Lipinski definition) is 4. The second-order valence-corrected chi connectivity index (χ2v) is 4.61. The summed E-state index contributed by atoms with van der Waals surface area (Å²) in [7, 11) is 0. The van der Waals surface area contributed by atoms with Gasteiger partial charge in [-0.15, -0.1) is 0 Å². The number of hydrogen-bond donors (Lipinski definition) is 3. The van der Waals surface area contributed by atoms with Crippen molar-refractivity contribution in [3.63, 3.8) is 0 Å². The summed E-state index contributed by atoms with van der Waals surface area (Å²) in [5, 5.41) is 3.25. The van der Waals surface area contributed by atoms with E-state index in [1.165, 1.54) is 0 Å². The third kappa shape index (κ3) is 3.13. The lowest BCUT2D eigenvalue weighted by Gasteiger charge is -2.12. The molecule has 1 aliphatic rings. The van der Waals surface area contributed by atoms with Crippen molar-refractivity contribution < 1.29 is 9.53 Å². The highest BCUT2D eigenvalue weighted by molar-refractivity contribution is 5.94. The van der Waals surface area contributed by atoms with Crippen LogP contribution in [0.15, 0.2) is 18.2 Å². The zero-order valence-electron chi connectivity index (χ0n) is 10.3. The van der Waals surface area contributed by atoms with Crippen LogP contribution >= 0.6 is 0 Å². The third-order valence-corrected chi connectivity index (χ3v) is 3.23. The lowest BCUT2D eigenvalue weighted by molar-refractivity contribution is 0.100. The number of nitrogen functional groups attached to an aromatic ring is 1. The Balaban J connectivity index is 1.91. The van der Waals surface area contributed by atoms with E-state index in [4.69, 9.17) is 16.2 Å². The molecule has 0 aliphatic carbocycles. The minimum absolute atomic E-state index is 0.442. The van der Waals surface area contributed by atoms with Crippen LogP contribution in [0.25, 0.3) is 0 Å². The summed E-state index contributed by atoms with van der Waals surface area (Å²) >= 11 is 0. The molecule has 0 saturated carbocycles. The minimum Gasteiger partial charge on any atom is -0.397 e. The summed E-state index contributed by atoms with van der Waals surface area (Å²) in [6.45, 7) is 2.53. The number of carbonyl (C=O) groups is 1. The van der Waals surface area contributed by atoms with Crippen LogP contribution in [0.2, 0.25) is 0 Å². The SMILES string of the molecule is NC(=O)c1ccc(N)c(NCCC2CCOC2)c1. The van der Waals surface area contributed by atoms with Gasteiger partial charge in [-0.25, -0.2) is 0 Å². The lowest BCUT2D eigenvalue weighted by atomic mass is 10.1. The summed E-state index contributed by atoms with van der Waals surface area (Å²) in [5.41, 5.74) is 12.9. The predicted molar refractivity (Wildman–Crippen MR) is 71.4 cm³/mol. The molecule has 98 valence electrons. The Labute approximate surface area is 106 Å². The molecule has 2 rings (SSSR count). The van der Waals surface area contributed by atoms with Gasteiger partial charge in [-0.2, -0.15) is 0 Å². The van der Waals surface area contributed by atoms with Crippen molar-refractivity contribution >= 4 is 17.3 Å². The molecule has 0 spiro atoms. The maximum Gasteiger partial charge on any atom is 0.248 e. The Kier molecular flexibility index (Phi) is 4.04. The highest BCUT2D eigenvalue weighted by Gasteiger charge is 2.15. The van der Waals surface area contributed by atoms with Gasteiger partial charge in [0.05, 0.1) is 11.4 Å². The molecule has 1 aromatic carbocycles. The Morgan fingerprint density at radius 2 is 2.33 bits per heavy atom. The largest absolute Gasteiger partial charge is 0.397 e. The van der Waals surface area contributed by atoms with Crippen molar-refractivity contribution in [1.82, 2.24) is 0 Å². The first-order valence-electron chi connectivity index (χ1n) is 6.18. The van der Waals surface area contributed by atoms with E-state index in [2.05, 4.69) is 5.32 Å². The Bertz CT molecular complexity index is 428. The van der Waals surface area contributed by atoms with E-state index >= 15 is 0 Å². The fourth-order valence-electron chi connectivity index (χ4n) is 2.08. The molecule has 1 unspecified atom stereocenters. The van der Waals surface area contributed by atoms with Crippen LogP contribution in [0.5, 0.6) is 0 Å². The van der Waals surface area contributed by atoms with Gasteiger partial charge in [0, 0.05) is 25.3 Å². The highest BCUT2D eigenvalue weighted by Crippen LogP contribution is 2.21. The normalized spacial score (nSPS) is 18.8. The molecule has 1 aromatic rings. The molecule has 1 aliphatic heterocycles. The summed E-state index contributed by atoms with van der Waals surface area (Å²) in [6.07, 6.45) is 2.17. The second-order valence-electron chi connectivity index (χ2n) is 4.61. The quantitative estimate of drug-likeness (QED) is 0.684. The number of benzene rings is 1. The summed E-state index contributed by atoms with van der Waals surface area (Å²) in [4.78, 5) is 11.1. The van der Waals surface area contributed by atoms with Crippen molar-refractivity contribution in [2.75, 3.05) is 30.8 Å².